The predicted molar refractivity (Wildman–Crippen MR) is 54.2 cm³/mol. The fraction of sp³-hybridized carbons (Fsp3) is 0.857. The van der Waals surface area contributed by atoms with E-state index >= 15 is 0 Å². The predicted octanol–water partition coefficient (Wildman–Crippen LogP) is -1.04. The lowest BCUT2D eigenvalue weighted by atomic mass is 10.5. The Morgan fingerprint density at radius 2 is 1.80 bits per heavy atom. The van der Waals surface area contributed by atoms with E-state index in [1.165, 1.54) is 6.92 Å². The van der Waals surface area contributed by atoms with Gasteiger partial charge in [-0.05, 0) is 6.92 Å². The lowest BCUT2D eigenvalue weighted by molar-refractivity contribution is 0.428. The maximum atomic E-state index is 11.6. The minimum Gasteiger partial charge on any atom is -0.229 e. The second-order valence-corrected chi connectivity index (χ2v) is 7.92. The average Bonchev–Trinajstić information content (AvgIpc) is 2.15. The number of nitrogens with zero attached hydrogens (tertiary/aromatic N) is 2. The Morgan fingerprint density at radius 1 is 1.33 bits per heavy atom. The molecule has 0 spiro atoms. The highest BCUT2D eigenvalue weighted by Crippen LogP contribution is 2.13. The van der Waals surface area contributed by atoms with Gasteiger partial charge in [0, 0.05) is 13.1 Å². The van der Waals surface area contributed by atoms with Crippen molar-refractivity contribution in [2.24, 2.45) is 0 Å². The Morgan fingerprint density at radius 3 is 2.20 bits per heavy atom. The van der Waals surface area contributed by atoms with E-state index in [-0.39, 0.29) is 24.6 Å². The Bertz CT molecular complexity index is 460. The number of nitriles is 1. The molecule has 1 heterocycles. The van der Waals surface area contributed by atoms with Gasteiger partial charge in [-0.1, -0.05) is 0 Å². The molecule has 1 fully saturated rings. The van der Waals surface area contributed by atoms with Gasteiger partial charge in [0.15, 0.2) is 15.1 Å². The highest BCUT2D eigenvalue weighted by atomic mass is 32.2. The van der Waals surface area contributed by atoms with E-state index < -0.39 is 25.1 Å². The number of hydrogen-bond donors (Lipinski definition) is 0. The molecule has 1 saturated heterocycles. The van der Waals surface area contributed by atoms with E-state index in [0.717, 1.165) is 4.31 Å². The number of sulfonamides is 1. The summed E-state index contributed by atoms with van der Waals surface area (Å²) in [7, 11) is -6.75. The topological polar surface area (TPSA) is 95.3 Å². The number of rotatable bonds is 2. The first kappa shape index (κ1) is 12.4. The zero-order valence-electron chi connectivity index (χ0n) is 8.25. The van der Waals surface area contributed by atoms with Crippen molar-refractivity contribution in [1.82, 2.24) is 4.31 Å². The lowest BCUT2D eigenvalue weighted by Crippen LogP contribution is -2.46. The van der Waals surface area contributed by atoms with Gasteiger partial charge in [-0.15, -0.1) is 0 Å². The molecule has 0 aromatic rings. The van der Waals surface area contributed by atoms with Crippen LogP contribution in [-0.2, 0) is 19.9 Å². The molecule has 0 aromatic heterocycles. The van der Waals surface area contributed by atoms with Crippen LogP contribution in [0.25, 0.3) is 0 Å². The van der Waals surface area contributed by atoms with Gasteiger partial charge in [0.2, 0.25) is 10.0 Å². The first-order valence-electron chi connectivity index (χ1n) is 4.38. The fourth-order valence-electron chi connectivity index (χ4n) is 1.24. The first-order valence-corrected chi connectivity index (χ1v) is 7.71. The van der Waals surface area contributed by atoms with Crippen molar-refractivity contribution in [2.45, 2.75) is 12.2 Å². The molecule has 15 heavy (non-hydrogen) atoms. The van der Waals surface area contributed by atoms with Gasteiger partial charge in [-0.25, -0.2) is 16.8 Å². The zero-order chi connectivity index (χ0) is 11.7. The minimum absolute atomic E-state index is 0.0450. The molecule has 1 rings (SSSR count). The largest absolute Gasteiger partial charge is 0.230 e. The summed E-state index contributed by atoms with van der Waals surface area (Å²) >= 11 is 0. The number of hydrogen-bond acceptors (Lipinski definition) is 5. The van der Waals surface area contributed by atoms with E-state index in [9.17, 15) is 16.8 Å². The highest BCUT2D eigenvalue weighted by Gasteiger charge is 2.33. The van der Waals surface area contributed by atoms with Crippen molar-refractivity contribution in [3.63, 3.8) is 0 Å². The van der Waals surface area contributed by atoms with Crippen LogP contribution in [0.3, 0.4) is 0 Å². The summed E-state index contributed by atoms with van der Waals surface area (Å²) in [6.07, 6.45) is 0. The summed E-state index contributed by atoms with van der Waals surface area (Å²) in [6.45, 7) is 1.20. The van der Waals surface area contributed by atoms with E-state index in [4.69, 9.17) is 5.26 Å². The van der Waals surface area contributed by atoms with Gasteiger partial charge < -0.3 is 0 Å². The molecule has 6 nitrogen and oxygen atoms in total. The molecule has 0 bridgehead atoms. The van der Waals surface area contributed by atoms with Gasteiger partial charge in [0.25, 0.3) is 0 Å². The van der Waals surface area contributed by atoms with Crippen LogP contribution in [0.5, 0.6) is 0 Å². The second-order valence-electron chi connectivity index (χ2n) is 3.37. The quantitative estimate of drug-likeness (QED) is 0.625. The average molecular weight is 252 g/mol. The van der Waals surface area contributed by atoms with Crippen LogP contribution >= 0.6 is 0 Å². The van der Waals surface area contributed by atoms with Gasteiger partial charge in [-0.2, -0.15) is 9.57 Å². The third-order valence-electron chi connectivity index (χ3n) is 2.29. The van der Waals surface area contributed by atoms with Crippen molar-refractivity contribution in [2.75, 3.05) is 24.6 Å². The van der Waals surface area contributed by atoms with Crippen LogP contribution in [0, 0.1) is 11.3 Å². The Hall–Kier alpha value is -0.650. The molecule has 86 valence electrons. The Balaban J connectivity index is 2.82. The van der Waals surface area contributed by atoms with Crippen LogP contribution < -0.4 is 0 Å². The summed E-state index contributed by atoms with van der Waals surface area (Å²) in [5, 5.41) is 7.40. The van der Waals surface area contributed by atoms with Crippen LogP contribution in [0.4, 0.5) is 0 Å². The highest BCUT2D eigenvalue weighted by molar-refractivity contribution is 7.92. The number of sulfone groups is 1. The standard InChI is InChI=1S/C7H12N2O4S2/c1-7(6-8)15(12,13)9-2-4-14(10,11)5-3-9/h7H,2-5H2,1H3. The van der Waals surface area contributed by atoms with Crippen molar-refractivity contribution in [3.05, 3.63) is 0 Å². The fourth-order valence-corrected chi connectivity index (χ4v) is 3.94. The van der Waals surface area contributed by atoms with Gasteiger partial charge in [0.1, 0.15) is 0 Å². The third kappa shape index (κ3) is 2.68. The second kappa shape index (κ2) is 4.08. The van der Waals surface area contributed by atoms with E-state index in [1.807, 2.05) is 0 Å². The third-order valence-corrected chi connectivity index (χ3v) is 5.98. The van der Waals surface area contributed by atoms with Crippen molar-refractivity contribution in [1.29, 1.82) is 5.26 Å². The van der Waals surface area contributed by atoms with E-state index in [1.54, 1.807) is 6.07 Å². The summed E-state index contributed by atoms with van der Waals surface area (Å²) < 4.78 is 46.5. The normalized spacial score (nSPS) is 24.3. The van der Waals surface area contributed by atoms with Crippen LogP contribution in [-0.4, -0.2) is 51.0 Å². The van der Waals surface area contributed by atoms with Crippen molar-refractivity contribution >= 4 is 19.9 Å². The molecular formula is C7H12N2O4S2. The van der Waals surface area contributed by atoms with Crippen molar-refractivity contribution < 1.29 is 16.8 Å². The molecule has 1 aliphatic rings. The zero-order valence-corrected chi connectivity index (χ0v) is 9.88. The van der Waals surface area contributed by atoms with Gasteiger partial charge in [-0.3, -0.25) is 0 Å². The van der Waals surface area contributed by atoms with Gasteiger partial charge in [0.05, 0.1) is 17.6 Å². The molecule has 0 aromatic carbocycles. The van der Waals surface area contributed by atoms with Crippen molar-refractivity contribution in [3.8, 4) is 6.07 Å². The first-order chi connectivity index (χ1) is 6.79. The minimum atomic E-state index is -3.65. The van der Waals surface area contributed by atoms with E-state index in [0.29, 0.717) is 0 Å². The molecule has 0 N–H and O–H groups in total. The molecule has 0 aliphatic carbocycles. The lowest BCUT2D eigenvalue weighted by Gasteiger charge is -2.26. The Labute approximate surface area is 89.5 Å². The van der Waals surface area contributed by atoms with E-state index in [2.05, 4.69) is 0 Å². The summed E-state index contributed by atoms with van der Waals surface area (Å²) in [5.74, 6) is -0.325. The molecule has 1 atom stereocenters. The molecule has 0 amide bonds. The summed E-state index contributed by atoms with van der Waals surface area (Å²) in [6, 6.07) is 1.64. The molecule has 8 heteroatoms. The molecular weight excluding hydrogens is 240 g/mol. The summed E-state index contributed by atoms with van der Waals surface area (Å²) in [5.41, 5.74) is 0. The molecule has 0 radical (unpaired) electrons. The SMILES string of the molecule is CC(C#N)S(=O)(=O)N1CCS(=O)(=O)CC1. The molecule has 1 unspecified atom stereocenters. The Kier molecular flexibility index (Phi) is 3.38. The monoisotopic (exact) mass is 252 g/mol. The van der Waals surface area contributed by atoms with Crippen LogP contribution in [0.2, 0.25) is 0 Å². The molecule has 1 aliphatic heterocycles. The van der Waals surface area contributed by atoms with Crippen LogP contribution in [0.1, 0.15) is 6.92 Å². The maximum Gasteiger partial charge on any atom is 0.230 e. The van der Waals surface area contributed by atoms with Gasteiger partial charge >= 0.3 is 0 Å². The summed E-state index contributed by atoms with van der Waals surface area (Å²) in [4.78, 5) is 0. The molecule has 0 saturated carbocycles. The smallest absolute Gasteiger partial charge is 0.229 e. The van der Waals surface area contributed by atoms with Crippen LogP contribution in [0.15, 0.2) is 0 Å². The maximum absolute atomic E-state index is 11.6.